The van der Waals surface area contributed by atoms with E-state index >= 15 is 0 Å². The summed E-state index contributed by atoms with van der Waals surface area (Å²) in [6.45, 7) is 4.61. The van der Waals surface area contributed by atoms with Gasteiger partial charge < -0.3 is 56.5 Å². The van der Waals surface area contributed by atoms with Crippen molar-refractivity contribution in [1.29, 1.82) is 0 Å². The number of unbranched alkanes of at least 4 members (excludes halogenated alkanes) is 1. The van der Waals surface area contributed by atoms with E-state index in [0.29, 0.717) is 72.8 Å². The first-order valence-corrected chi connectivity index (χ1v) is 28.9. The molecule has 3 saturated heterocycles. The second kappa shape index (κ2) is 24.3. The number of hydrogen-bond acceptors (Lipinski definition) is 11. The molecule has 0 bridgehead atoms. The van der Waals surface area contributed by atoms with Gasteiger partial charge in [-0.2, -0.15) is 0 Å². The molecule has 24 heteroatoms. The van der Waals surface area contributed by atoms with Crippen molar-refractivity contribution in [2.45, 2.75) is 108 Å². The first-order chi connectivity index (χ1) is 38.7. The highest BCUT2D eigenvalue weighted by Crippen LogP contribution is 2.55. The number of likely N-dealkylation sites (tertiary alicyclic amines) is 2. The van der Waals surface area contributed by atoms with Crippen molar-refractivity contribution in [3.8, 4) is 11.8 Å². The molecule has 4 fully saturated rings. The third-order valence-corrected chi connectivity index (χ3v) is 17.1. The number of H-pyrrole nitrogens is 1. The van der Waals surface area contributed by atoms with Crippen LogP contribution in [0.1, 0.15) is 126 Å². The fraction of sp³-hybridized carbons (Fsp3) is 0.439. The Bertz CT molecular complexity index is 3310. The van der Waals surface area contributed by atoms with Crippen LogP contribution in [0.4, 0.5) is 4.79 Å². The van der Waals surface area contributed by atoms with E-state index in [0.717, 1.165) is 12.0 Å². The van der Waals surface area contributed by atoms with Crippen LogP contribution in [0, 0.1) is 35.5 Å². The molecule has 0 radical (unpaired) electrons. The fourth-order valence-electron chi connectivity index (χ4n) is 11.7. The molecule has 1 aliphatic carbocycles. The van der Waals surface area contributed by atoms with Gasteiger partial charge in [0, 0.05) is 73.2 Å². The summed E-state index contributed by atoms with van der Waals surface area (Å²) in [6.07, 6.45) is 4.46. The van der Waals surface area contributed by atoms with Crippen LogP contribution in [0.25, 0.3) is 10.9 Å². The molecule has 8 atom stereocenters. The number of carbonyl (C=O) groups excluding carboxylic acids is 10. The minimum Gasteiger partial charge on any atom is -0.352 e. The number of imide groups is 1. The number of benzene rings is 3. The first kappa shape index (κ1) is 57.5. The Balaban J connectivity index is 0.835. The molecule has 23 nitrogen and oxygen atoms in total. The lowest BCUT2D eigenvalue weighted by Crippen LogP contribution is -2.60. The number of piperidine rings is 3. The number of hydrogen-bond donors (Lipinski definition) is 9. The van der Waals surface area contributed by atoms with Crippen molar-refractivity contribution in [3.05, 3.63) is 106 Å². The molecule has 4 aliphatic heterocycles. The second-order valence-electron chi connectivity index (χ2n) is 21.5. The lowest BCUT2D eigenvalue weighted by molar-refractivity contribution is -0.142. The average Bonchev–Trinajstić information content (AvgIpc) is 3.93. The quantitative estimate of drug-likeness (QED) is 0.0371. The highest BCUT2D eigenvalue weighted by Gasteiger charge is 2.63. The minimum absolute atomic E-state index is 0.00962. The van der Waals surface area contributed by atoms with Gasteiger partial charge in [0.25, 0.3) is 17.3 Å². The molecule has 426 valence electrons. The summed E-state index contributed by atoms with van der Waals surface area (Å²) in [7, 11) is -5.07. The zero-order valence-corrected chi connectivity index (χ0v) is 45.7. The zero-order chi connectivity index (χ0) is 57.9. The van der Waals surface area contributed by atoms with Crippen molar-refractivity contribution >= 4 is 77.3 Å². The lowest BCUT2D eigenvalue weighted by Gasteiger charge is -2.35. The number of rotatable bonds is 19. The van der Waals surface area contributed by atoms with Crippen LogP contribution in [-0.4, -0.2) is 139 Å². The van der Waals surface area contributed by atoms with Crippen molar-refractivity contribution < 1.29 is 62.3 Å². The predicted molar refractivity (Wildman–Crippen MR) is 292 cm³/mol. The van der Waals surface area contributed by atoms with E-state index in [1.807, 2.05) is 19.9 Å². The van der Waals surface area contributed by atoms with Gasteiger partial charge in [0.1, 0.15) is 35.9 Å². The van der Waals surface area contributed by atoms with E-state index in [1.165, 1.54) is 34.1 Å². The largest absolute Gasteiger partial charge is 0.396 e. The van der Waals surface area contributed by atoms with Crippen molar-refractivity contribution in [3.63, 3.8) is 0 Å². The standard InChI is InChI=1S/C57H65N10O13P/c1-3-4-17-41(61-49(69)42-27-36-26-35(18-19-40(36)60-42)56(76)81(78,79)80)54(74)67-29-38-31(2)46(38)48(67)52(72)62-43(28-59-57(58)77)50(70)64-47(34-13-6-5-7-14-34)55(75)65-24-22-32(23-25-65)11-8-9-12-33-15-10-16-37-39(33)30-66(53(37)73)44-20-21-45(68)63-51(44)71/h5-7,10,13-16,18-19,26-27,31-32,38,41,43-44,46-48,60H,3-4,8,11,17,20-25,28-30H2,1-2H3,(H,61,69)(H,62,72)(H,64,70)(H3,58,59,77)(H,63,68,71)(H2,78,79,80)/t31-,38+,41-,43-,44?,46-,47-,48-/m0/s1. The van der Waals surface area contributed by atoms with E-state index in [9.17, 15) is 62.3 Å². The van der Waals surface area contributed by atoms with E-state index < -0.39 is 85.4 Å². The molecule has 0 spiro atoms. The van der Waals surface area contributed by atoms with E-state index in [1.54, 1.807) is 47.4 Å². The van der Waals surface area contributed by atoms with Crippen LogP contribution in [0.3, 0.4) is 0 Å². The van der Waals surface area contributed by atoms with Gasteiger partial charge in [-0.25, -0.2) is 4.79 Å². The van der Waals surface area contributed by atoms with Gasteiger partial charge in [0.15, 0.2) is 0 Å². The molecule has 81 heavy (non-hydrogen) atoms. The monoisotopic (exact) mass is 1130 g/mol. The topological polar surface area (TPSA) is 340 Å². The number of amides is 10. The molecular formula is C57H65N10O13P. The summed E-state index contributed by atoms with van der Waals surface area (Å²) in [6, 6.07) is 12.7. The summed E-state index contributed by atoms with van der Waals surface area (Å²) >= 11 is 0. The SMILES string of the molecule is CCCC[C@H](NC(=O)c1cc2cc(C(=O)P(=O)(O)O)ccc2[nH]1)C(=O)N1C[C@@H]2[C@H](C)[C@@H]2[C@H]1C(=O)N[C@@H](CNC(N)=O)C(=O)N[C@H](C(=O)N1CCC(CCC#Cc2cccc3c2CN(C2CCC(=O)NC2=O)C3=O)CC1)c1ccccc1. The molecule has 5 heterocycles. The summed E-state index contributed by atoms with van der Waals surface area (Å²) in [4.78, 5) is 160. The van der Waals surface area contributed by atoms with Crippen molar-refractivity contribution in [1.82, 2.24) is 46.3 Å². The highest BCUT2D eigenvalue weighted by molar-refractivity contribution is 7.70. The van der Waals surface area contributed by atoms with Crippen LogP contribution in [0.15, 0.2) is 72.8 Å². The second-order valence-corrected chi connectivity index (χ2v) is 23.0. The maximum atomic E-state index is 14.6. The summed E-state index contributed by atoms with van der Waals surface area (Å²) in [5.41, 5.74) is 6.64. The predicted octanol–water partition coefficient (Wildman–Crippen LogP) is 2.71. The van der Waals surface area contributed by atoms with Gasteiger partial charge in [-0.15, -0.1) is 0 Å². The Morgan fingerprint density at radius 2 is 1.64 bits per heavy atom. The molecule has 10 N–H and O–H groups in total. The van der Waals surface area contributed by atoms with Crippen LogP contribution >= 0.6 is 7.60 Å². The molecule has 9 rings (SSSR count). The minimum atomic E-state index is -5.07. The summed E-state index contributed by atoms with van der Waals surface area (Å²) < 4.78 is 11.6. The highest BCUT2D eigenvalue weighted by atomic mass is 31.2. The smallest absolute Gasteiger partial charge is 0.352 e. The maximum Gasteiger partial charge on any atom is 0.396 e. The molecular weight excluding hydrogens is 1060 g/mol. The van der Waals surface area contributed by atoms with Crippen LogP contribution in [-0.2, 0) is 39.9 Å². The molecule has 1 aromatic heterocycles. The van der Waals surface area contributed by atoms with Crippen molar-refractivity contribution in [2.24, 2.45) is 29.4 Å². The molecule has 5 aliphatic rings. The number of nitrogens with one attached hydrogen (secondary N) is 6. The summed E-state index contributed by atoms with van der Waals surface area (Å²) in [5, 5.41) is 13.4. The van der Waals surface area contributed by atoms with Gasteiger partial charge in [0.05, 0.1) is 0 Å². The Labute approximate surface area is 466 Å². The van der Waals surface area contributed by atoms with Gasteiger partial charge in [-0.1, -0.05) is 74.9 Å². The number of fused-ring (bicyclic) bond motifs is 3. The molecule has 1 unspecified atom stereocenters. The summed E-state index contributed by atoms with van der Waals surface area (Å²) in [5.74, 6) is 2.24. The molecule has 10 amide bonds. The zero-order valence-electron chi connectivity index (χ0n) is 44.8. The number of primary amides is 1. The third-order valence-electron chi connectivity index (χ3n) is 16.3. The Morgan fingerprint density at radius 1 is 0.889 bits per heavy atom. The third kappa shape index (κ3) is 12.7. The van der Waals surface area contributed by atoms with E-state index in [4.69, 9.17) is 5.73 Å². The Morgan fingerprint density at radius 3 is 2.35 bits per heavy atom. The Kier molecular flexibility index (Phi) is 17.2. The fourth-order valence-corrected chi connectivity index (χ4v) is 12.2. The molecule has 3 aromatic carbocycles. The van der Waals surface area contributed by atoms with Crippen LogP contribution < -0.4 is 32.3 Å². The van der Waals surface area contributed by atoms with E-state index in [-0.39, 0.29) is 85.0 Å². The van der Waals surface area contributed by atoms with Gasteiger partial charge in [-0.05, 0) is 103 Å². The van der Waals surface area contributed by atoms with E-state index in [2.05, 4.69) is 43.4 Å². The van der Waals surface area contributed by atoms with Gasteiger partial charge >= 0.3 is 13.6 Å². The maximum absolute atomic E-state index is 14.6. The number of urea groups is 1. The van der Waals surface area contributed by atoms with Gasteiger partial charge in [0.2, 0.25) is 35.4 Å². The number of nitrogens with zero attached hydrogens (tertiary/aromatic N) is 3. The lowest BCUT2D eigenvalue weighted by atomic mass is 9.91. The number of nitrogens with two attached hydrogens (primary N) is 1. The van der Waals surface area contributed by atoms with Crippen molar-refractivity contribution in [2.75, 3.05) is 26.2 Å². The number of aromatic amines is 1. The Hall–Kier alpha value is -8.19. The average molecular weight is 1130 g/mol. The number of carbonyl (C=O) groups is 10. The molecule has 4 aromatic rings. The van der Waals surface area contributed by atoms with Gasteiger partial charge in [-0.3, -0.25) is 53.0 Å². The van der Waals surface area contributed by atoms with Crippen LogP contribution in [0.2, 0.25) is 0 Å². The van der Waals surface area contributed by atoms with Crippen LogP contribution in [0.5, 0.6) is 0 Å². The first-order valence-electron chi connectivity index (χ1n) is 27.3. The number of aromatic nitrogens is 1. The normalized spacial score (nSPS) is 21.6. The molecule has 1 saturated carbocycles.